The molecule has 0 aliphatic heterocycles. The number of para-hydroxylation sites is 1. The summed E-state index contributed by atoms with van der Waals surface area (Å²) < 4.78 is 39.7. The Balaban J connectivity index is 2.16. The number of benzene rings is 2. The average Bonchev–Trinajstić information content (AvgIpc) is 2.61. The Morgan fingerprint density at radius 2 is 1.73 bits per heavy atom. The number of carbonyl (C=O) groups excluding carboxylic acids is 1. The first-order chi connectivity index (χ1) is 12.4. The van der Waals surface area contributed by atoms with Gasteiger partial charge in [0.25, 0.3) is 0 Å². The van der Waals surface area contributed by atoms with Gasteiger partial charge in [-0.05, 0) is 30.7 Å². The molecule has 0 saturated carbocycles. The summed E-state index contributed by atoms with van der Waals surface area (Å²) in [6, 6.07) is 9.60. The van der Waals surface area contributed by atoms with E-state index in [1.807, 2.05) is 6.92 Å². The summed E-state index contributed by atoms with van der Waals surface area (Å²) in [5.41, 5.74) is 1.70. The molecule has 0 aromatic heterocycles. The van der Waals surface area contributed by atoms with Gasteiger partial charge in [0, 0.05) is 23.4 Å². The lowest BCUT2D eigenvalue weighted by molar-refractivity contribution is -0.111. The first-order valence-corrected chi connectivity index (χ1v) is 7.70. The molecule has 1 N–H and O–H groups in total. The molecular formula is C19H19F2NO4. The largest absolute Gasteiger partial charge is 0.493 e. The molecule has 26 heavy (non-hydrogen) atoms. The summed E-state index contributed by atoms with van der Waals surface area (Å²) in [5, 5.41) is 2.72. The first kappa shape index (κ1) is 19.2. The third-order valence-electron chi connectivity index (χ3n) is 3.54. The van der Waals surface area contributed by atoms with Crippen molar-refractivity contribution in [3.63, 3.8) is 0 Å². The van der Waals surface area contributed by atoms with E-state index in [9.17, 15) is 13.6 Å². The molecule has 0 saturated heterocycles. The zero-order valence-corrected chi connectivity index (χ0v) is 14.6. The molecule has 1 amide bonds. The van der Waals surface area contributed by atoms with Crippen LogP contribution < -0.4 is 19.5 Å². The molecular weight excluding hydrogens is 344 g/mol. The third kappa shape index (κ3) is 4.95. The van der Waals surface area contributed by atoms with Crippen LogP contribution in [0.15, 0.2) is 42.5 Å². The van der Waals surface area contributed by atoms with Crippen molar-refractivity contribution in [2.75, 3.05) is 19.5 Å². The maximum Gasteiger partial charge on any atom is 0.387 e. The van der Waals surface area contributed by atoms with Crippen LogP contribution in [0.1, 0.15) is 11.1 Å². The number of carbonyl (C=O) groups is 1. The number of halogens is 2. The normalized spacial score (nSPS) is 10.8. The van der Waals surface area contributed by atoms with Gasteiger partial charge in [0.1, 0.15) is 5.75 Å². The summed E-state index contributed by atoms with van der Waals surface area (Å²) >= 11 is 0. The van der Waals surface area contributed by atoms with Gasteiger partial charge < -0.3 is 19.5 Å². The molecule has 0 aliphatic rings. The second kappa shape index (κ2) is 8.84. The maximum atomic E-state index is 12.4. The first-order valence-electron chi connectivity index (χ1n) is 7.70. The molecule has 0 aliphatic carbocycles. The zero-order valence-electron chi connectivity index (χ0n) is 14.6. The average molecular weight is 363 g/mol. The Morgan fingerprint density at radius 3 is 2.38 bits per heavy atom. The highest BCUT2D eigenvalue weighted by atomic mass is 19.3. The molecule has 0 bridgehead atoms. The van der Waals surface area contributed by atoms with E-state index in [-0.39, 0.29) is 5.75 Å². The minimum atomic E-state index is -2.94. The molecule has 2 aromatic carbocycles. The number of hydrogen-bond acceptors (Lipinski definition) is 4. The molecule has 0 fully saturated rings. The van der Waals surface area contributed by atoms with Gasteiger partial charge >= 0.3 is 6.61 Å². The predicted octanol–water partition coefficient (Wildman–Crippen LogP) is 4.27. The van der Waals surface area contributed by atoms with Gasteiger partial charge in [-0.3, -0.25) is 4.79 Å². The van der Waals surface area contributed by atoms with E-state index < -0.39 is 12.5 Å². The molecule has 0 unspecified atom stereocenters. The fourth-order valence-corrected chi connectivity index (χ4v) is 2.28. The number of ether oxygens (including phenoxy) is 3. The van der Waals surface area contributed by atoms with Crippen molar-refractivity contribution in [2.24, 2.45) is 0 Å². The Labute approximate surface area is 150 Å². The Bertz CT molecular complexity index is 806. The highest BCUT2D eigenvalue weighted by Crippen LogP contribution is 2.33. The van der Waals surface area contributed by atoms with Gasteiger partial charge in [-0.1, -0.05) is 18.2 Å². The van der Waals surface area contributed by atoms with Crippen LogP contribution in [0.5, 0.6) is 17.2 Å². The second-order valence-electron chi connectivity index (χ2n) is 5.26. The van der Waals surface area contributed by atoms with E-state index in [4.69, 9.17) is 9.47 Å². The minimum absolute atomic E-state index is 0.00570. The summed E-state index contributed by atoms with van der Waals surface area (Å²) in [6.45, 7) is -1.12. The van der Waals surface area contributed by atoms with E-state index in [1.54, 1.807) is 30.3 Å². The van der Waals surface area contributed by atoms with Crippen molar-refractivity contribution in [2.45, 2.75) is 13.5 Å². The summed E-state index contributed by atoms with van der Waals surface area (Å²) in [7, 11) is 3.02. The standard InChI is InChI=1S/C19H19F2NO4/c1-12-10-16(24-2)17(25-3)11-14(12)22-18(23)9-8-13-6-4-5-7-15(13)26-19(20)21/h4-11,19H,1-3H3,(H,22,23)/b9-8+. The van der Waals surface area contributed by atoms with Crippen LogP contribution in [0.2, 0.25) is 0 Å². The SMILES string of the molecule is COc1cc(C)c(NC(=O)/C=C/c2ccccc2OC(F)F)cc1OC. The molecule has 0 atom stereocenters. The number of hydrogen-bond donors (Lipinski definition) is 1. The third-order valence-corrected chi connectivity index (χ3v) is 3.54. The van der Waals surface area contributed by atoms with Crippen LogP contribution in [0.3, 0.4) is 0 Å². The number of amides is 1. The van der Waals surface area contributed by atoms with Gasteiger partial charge in [0.15, 0.2) is 11.5 Å². The molecule has 5 nitrogen and oxygen atoms in total. The van der Waals surface area contributed by atoms with Crippen molar-refractivity contribution in [1.29, 1.82) is 0 Å². The Morgan fingerprint density at radius 1 is 1.08 bits per heavy atom. The number of alkyl halides is 2. The summed E-state index contributed by atoms with van der Waals surface area (Å²) in [6.07, 6.45) is 2.65. The van der Waals surface area contributed by atoms with Gasteiger partial charge in [0.2, 0.25) is 5.91 Å². The monoisotopic (exact) mass is 363 g/mol. The van der Waals surface area contributed by atoms with E-state index in [0.717, 1.165) is 5.56 Å². The topological polar surface area (TPSA) is 56.8 Å². The van der Waals surface area contributed by atoms with Crippen molar-refractivity contribution < 1.29 is 27.8 Å². The molecule has 0 heterocycles. The molecule has 0 radical (unpaired) electrons. The van der Waals surface area contributed by atoms with Crippen molar-refractivity contribution in [1.82, 2.24) is 0 Å². The highest BCUT2D eigenvalue weighted by molar-refractivity contribution is 6.02. The maximum absolute atomic E-state index is 12.4. The Hall–Kier alpha value is -3.09. The predicted molar refractivity (Wildman–Crippen MR) is 95.0 cm³/mol. The summed E-state index contributed by atoms with van der Waals surface area (Å²) in [4.78, 5) is 12.2. The van der Waals surface area contributed by atoms with Gasteiger partial charge in [-0.2, -0.15) is 8.78 Å². The van der Waals surface area contributed by atoms with Crippen molar-refractivity contribution >= 4 is 17.7 Å². The van der Waals surface area contributed by atoms with Crippen LogP contribution >= 0.6 is 0 Å². The van der Waals surface area contributed by atoms with Crippen LogP contribution in [0.25, 0.3) is 6.08 Å². The molecule has 0 spiro atoms. The van der Waals surface area contributed by atoms with E-state index in [0.29, 0.717) is 22.7 Å². The smallest absolute Gasteiger partial charge is 0.387 e. The minimum Gasteiger partial charge on any atom is -0.493 e. The van der Waals surface area contributed by atoms with Crippen LogP contribution in [0, 0.1) is 6.92 Å². The number of methoxy groups -OCH3 is 2. The number of aryl methyl sites for hydroxylation is 1. The lowest BCUT2D eigenvalue weighted by atomic mass is 10.1. The van der Waals surface area contributed by atoms with Crippen LogP contribution in [-0.2, 0) is 4.79 Å². The second-order valence-corrected chi connectivity index (χ2v) is 5.26. The molecule has 2 aromatic rings. The van der Waals surface area contributed by atoms with E-state index >= 15 is 0 Å². The zero-order chi connectivity index (χ0) is 19.1. The van der Waals surface area contributed by atoms with E-state index in [2.05, 4.69) is 10.1 Å². The quantitative estimate of drug-likeness (QED) is 0.747. The number of nitrogens with one attached hydrogen (secondary N) is 1. The summed E-state index contributed by atoms with van der Waals surface area (Å²) in [5.74, 6) is 0.602. The number of rotatable bonds is 7. The van der Waals surface area contributed by atoms with Crippen molar-refractivity contribution in [3.05, 3.63) is 53.6 Å². The highest BCUT2D eigenvalue weighted by Gasteiger charge is 2.11. The lowest BCUT2D eigenvalue weighted by Gasteiger charge is -2.13. The van der Waals surface area contributed by atoms with Gasteiger partial charge in [0.05, 0.1) is 14.2 Å². The van der Waals surface area contributed by atoms with E-state index in [1.165, 1.54) is 32.4 Å². The fraction of sp³-hybridized carbons (Fsp3) is 0.211. The van der Waals surface area contributed by atoms with Crippen LogP contribution in [0.4, 0.5) is 14.5 Å². The fourth-order valence-electron chi connectivity index (χ4n) is 2.28. The molecule has 138 valence electrons. The Kier molecular flexibility index (Phi) is 6.54. The molecule has 7 heteroatoms. The lowest BCUT2D eigenvalue weighted by Crippen LogP contribution is -2.09. The van der Waals surface area contributed by atoms with Gasteiger partial charge in [-0.25, -0.2) is 0 Å². The van der Waals surface area contributed by atoms with Crippen molar-refractivity contribution in [3.8, 4) is 17.2 Å². The molecule has 2 rings (SSSR count). The van der Waals surface area contributed by atoms with Gasteiger partial charge in [-0.15, -0.1) is 0 Å². The van der Waals surface area contributed by atoms with Crippen LogP contribution in [-0.4, -0.2) is 26.7 Å². The number of anilines is 1.